The van der Waals surface area contributed by atoms with E-state index in [1.807, 2.05) is 16.8 Å². The van der Waals surface area contributed by atoms with Crippen LogP contribution in [0, 0.1) is 0 Å². The van der Waals surface area contributed by atoms with Gasteiger partial charge in [0.1, 0.15) is 0 Å². The van der Waals surface area contributed by atoms with Gasteiger partial charge >= 0.3 is 0 Å². The molecule has 1 aromatic rings. The van der Waals surface area contributed by atoms with Gasteiger partial charge in [0.2, 0.25) is 5.91 Å². The van der Waals surface area contributed by atoms with Gasteiger partial charge in [-0.25, -0.2) is 0 Å². The highest BCUT2D eigenvalue weighted by atomic mass is 79.9. The van der Waals surface area contributed by atoms with Crippen LogP contribution in [0.2, 0.25) is 0 Å². The molecule has 0 radical (unpaired) electrons. The van der Waals surface area contributed by atoms with Crippen LogP contribution in [0.3, 0.4) is 0 Å². The summed E-state index contributed by atoms with van der Waals surface area (Å²) in [6, 6.07) is 1.96. The predicted molar refractivity (Wildman–Crippen MR) is 65.6 cm³/mol. The number of rotatable bonds is 6. The number of carbonyl (C=O) groups excluding carboxylic acids is 1. The van der Waals surface area contributed by atoms with Gasteiger partial charge in [0.25, 0.3) is 0 Å². The summed E-state index contributed by atoms with van der Waals surface area (Å²) in [5.74, 6) is 0.0500. The molecule has 0 saturated carbocycles. The molecule has 1 heterocycles. The Morgan fingerprint density at radius 3 is 3.13 bits per heavy atom. The van der Waals surface area contributed by atoms with E-state index in [2.05, 4.69) is 21.2 Å². The molecule has 3 nitrogen and oxygen atoms in total. The summed E-state index contributed by atoms with van der Waals surface area (Å²) in [6.07, 6.45) is 0.455. The Hall–Kier alpha value is -0.390. The zero-order valence-corrected chi connectivity index (χ0v) is 10.9. The molecule has 0 fully saturated rings. The smallest absolute Gasteiger partial charge is 0.224 e. The maximum atomic E-state index is 11.5. The molecule has 1 rings (SSSR count). The monoisotopic (exact) mass is 291 g/mol. The van der Waals surface area contributed by atoms with E-state index in [0.717, 1.165) is 5.56 Å². The van der Waals surface area contributed by atoms with Crippen molar-refractivity contribution in [2.24, 2.45) is 0 Å². The fourth-order valence-corrected chi connectivity index (χ4v) is 2.20. The topological polar surface area (TPSA) is 38.3 Å². The SMILES string of the molecule is COCC(Br)CNC(=O)Cc1ccsc1. The first-order valence-corrected chi connectivity index (χ1v) is 6.49. The van der Waals surface area contributed by atoms with E-state index in [1.54, 1.807) is 18.4 Å². The zero-order valence-electron chi connectivity index (χ0n) is 8.53. The molecule has 0 bridgehead atoms. The lowest BCUT2D eigenvalue weighted by molar-refractivity contribution is -0.120. The fourth-order valence-electron chi connectivity index (χ4n) is 1.11. The number of hydrogen-bond acceptors (Lipinski definition) is 3. The Labute approximate surface area is 102 Å². The summed E-state index contributed by atoms with van der Waals surface area (Å²) in [4.78, 5) is 11.6. The van der Waals surface area contributed by atoms with Crippen molar-refractivity contribution in [1.29, 1.82) is 0 Å². The Morgan fingerprint density at radius 1 is 1.73 bits per heavy atom. The van der Waals surface area contributed by atoms with Gasteiger partial charge in [0.05, 0.1) is 17.9 Å². The highest BCUT2D eigenvalue weighted by molar-refractivity contribution is 9.09. The highest BCUT2D eigenvalue weighted by Gasteiger charge is 2.07. The average molecular weight is 292 g/mol. The van der Waals surface area contributed by atoms with E-state index < -0.39 is 0 Å². The summed E-state index contributed by atoms with van der Waals surface area (Å²) in [7, 11) is 1.64. The second-order valence-corrected chi connectivity index (χ2v) is 5.24. The Balaban J connectivity index is 2.19. The number of ether oxygens (including phenoxy) is 1. The van der Waals surface area contributed by atoms with Gasteiger partial charge in [-0.2, -0.15) is 11.3 Å². The number of alkyl halides is 1. The molecule has 1 aromatic heterocycles. The number of nitrogens with one attached hydrogen (secondary N) is 1. The molecule has 1 unspecified atom stereocenters. The first kappa shape index (κ1) is 12.7. The number of halogens is 1. The number of methoxy groups -OCH3 is 1. The molecule has 1 atom stereocenters. The molecule has 0 aliphatic heterocycles. The third-order valence-corrected chi connectivity index (χ3v) is 3.13. The normalized spacial score (nSPS) is 12.4. The van der Waals surface area contributed by atoms with E-state index >= 15 is 0 Å². The fraction of sp³-hybridized carbons (Fsp3) is 0.500. The molecule has 0 aliphatic rings. The predicted octanol–water partition coefficient (Wildman–Crippen LogP) is 1.82. The van der Waals surface area contributed by atoms with Crippen LogP contribution in [-0.4, -0.2) is 31.0 Å². The van der Waals surface area contributed by atoms with Crippen molar-refractivity contribution in [2.45, 2.75) is 11.2 Å². The van der Waals surface area contributed by atoms with Crippen LogP contribution in [0.4, 0.5) is 0 Å². The maximum absolute atomic E-state index is 11.5. The standard InChI is InChI=1S/C10H14BrNO2S/c1-14-6-9(11)5-12-10(13)4-8-2-3-15-7-8/h2-3,7,9H,4-6H2,1H3,(H,12,13). The van der Waals surface area contributed by atoms with Crippen LogP contribution in [0.1, 0.15) is 5.56 Å². The van der Waals surface area contributed by atoms with Gasteiger partial charge in [-0.05, 0) is 22.4 Å². The molecule has 5 heteroatoms. The Kier molecular flexibility index (Phi) is 5.90. The lowest BCUT2D eigenvalue weighted by Gasteiger charge is -2.09. The van der Waals surface area contributed by atoms with Gasteiger partial charge in [0.15, 0.2) is 0 Å². The minimum absolute atomic E-state index is 0.0500. The average Bonchev–Trinajstić information content (AvgIpc) is 2.68. The van der Waals surface area contributed by atoms with Gasteiger partial charge in [-0.3, -0.25) is 4.79 Å². The molecular formula is C10H14BrNO2S. The van der Waals surface area contributed by atoms with Gasteiger partial charge in [-0.1, -0.05) is 15.9 Å². The summed E-state index contributed by atoms with van der Waals surface area (Å²) < 4.78 is 4.95. The number of thiophene rings is 1. The van der Waals surface area contributed by atoms with Crippen molar-refractivity contribution in [1.82, 2.24) is 5.32 Å². The summed E-state index contributed by atoms with van der Waals surface area (Å²) in [6.45, 7) is 1.19. The first-order chi connectivity index (χ1) is 7.22. The quantitative estimate of drug-likeness (QED) is 0.812. The number of amides is 1. The van der Waals surface area contributed by atoms with Crippen LogP contribution in [0.15, 0.2) is 16.8 Å². The molecule has 84 valence electrons. The van der Waals surface area contributed by atoms with E-state index in [0.29, 0.717) is 19.6 Å². The van der Waals surface area contributed by atoms with Crippen LogP contribution < -0.4 is 5.32 Å². The van der Waals surface area contributed by atoms with Crippen molar-refractivity contribution < 1.29 is 9.53 Å². The van der Waals surface area contributed by atoms with E-state index in [4.69, 9.17) is 4.74 Å². The van der Waals surface area contributed by atoms with Crippen molar-refractivity contribution in [3.05, 3.63) is 22.4 Å². The molecule has 0 aromatic carbocycles. The summed E-state index contributed by atoms with van der Waals surface area (Å²) in [5, 5.41) is 6.80. The van der Waals surface area contributed by atoms with Crippen LogP contribution in [0.5, 0.6) is 0 Å². The Bertz CT molecular complexity index is 290. The van der Waals surface area contributed by atoms with Crippen LogP contribution >= 0.6 is 27.3 Å². The molecule has 15 heavy (non-hydrogen) atoms. The molecule has 1 N–H and O–H groups in total. The molecular weight excluding hydrogens is 278 g/mol. The van der Waals surface area contributed by atoms with Crippen molar-refractivity contribution >= 4 is 33.2 Å². The lowest BCUT2D eigenvalue weighted by Crippen LogP contribution is -2.32. The summed E-state index contributed by atoms with van der Waals surface area (Å²) in [5.41, 5.74) is 1.07. The second-order valence-electron chi connectivity index (χ2n) is 3.17. The Morgan fingerprint density at radius 2 is 2.53 bits per heavy atom. The molecule has 0 aliphatic carbocycles. The van der Waals surface area contributed by atoms with Gasteiger partial charge in [-0.15, -0.1) is 0 Å². The number of carbonyl (C=O) groups is 1. The minimum Gasteiger partial charge on any atom is -0.383 e. The van der Waals surface area contributed by atoms with Gasteiger partial charge < -0.3 is 10.1 Å². The third kappa shape index (κ3) is 5.30. The second kappa shape index (κ2) is 6.98. The first-order valence-electron chi connectivity index (χ1n) is 4.63. The lowest BCUT2D eigenvalue weighted by atomic mass is 10.2. The van der Waals surface area contributed by atoms with E-state index in [-0.39, 0.29) is 10.7 Å². The largest absolute Gasteiger partial charge is 0.383 e. The van der Waals surface area contributed by atoms with E-state index in [1.165, 1.54) is 0 Å². The maximum Gasteiger partial charge on any atom is 0.224 e. The van der Waals surface area contributed by atoms with Crippen molar-refractivity contribution in [2.75, 3.05) is 20.3 Å². The molecule has 0 spiro atoms. The van der Waals surface area contributed by atoms with Crippen LogP contribution in [-0.2, 0) is 16.0 Å². The molecule has 0 saturated heterocycles. The van der Waals surface area contributed by atoms with Gasteiger partial charge in [0, 0.05) is 13.7 Å². The highest BCUT2D eigenvalue weighted by Crippen LogP contribution is 2.06. The minimum atomic E-state index is 0.0500. The number of hydrogen-bond donors (Lipinski definition) is 1. The van der Waals surface area contributed by atoms with Crippen LogP contribution in [0.25, 0.3) is 0 Å². The third-order valence-electron chi connectivity index (χ3n) is 1.81. The van der Waals surface area contributed by atoms with Crippen molar-refractivity contribution in [3.8, 4) is 0 Å². The molecule has 1 amide bonds. The zero-order chi connectivity index (χ0) is 11.1. The summed E-state index contributed by atoms with van der Waals surface area (Å²) >= 11 is 5.01. The van der Waals surface area contributed by atoms with Crippen molar-refractivity contribution in [3.63, 3.8) is 0 Å². The van der Waals surface area contributed by atoms with E-state index in [9.17, 15) is 4.79 Å².